The lowest BCUT2D eigenvalue weighted by Gasteiger charge is -2.27. The zero-order valence-corrected chi connectivity index (χ0v) is 18.0. The molecular weight excluding hydrogens is 352 g/mol. The Labute approximate surface area is 170 Å². The zero-order valence-electron chi connectivity index (χ0n) is 18.0. The van der Waals surface area contributed by atoms with E-state index in [1.807, 2.05) is 45.0 Å². The number of carbonyl (C=O) groups excluding carboxylic acids is 1. The lowest BCUT2D eigenvalue weighted by atomic mass is 10.0. The van der Waals surface area contributed by atoms with Gasteiger partial charge in [-0.1, -0.05) is 26.7 Å². The minimum Gasteiger partial charge on any atom is -0.494 e. The standard InChI is InChI=1S/C23H38N2O3/c1-4-18-28-23(3,5-2)22(26)24-20-11-13-21(14-12-20)27-19-10-17-25-15-8-6-7-9-16-25/h11-14H,4-10,15-19H2,1-3H3,(H,24,26). The Bertz CT molecular complexity index is 568. The summed E-state index contributed by atoms with van der Waals surface area (Å²) in [5.74, 6) is 0.740. The van der Waals surface area contributed by atoms with Gasteiger partial charge in [0, 0.05) is 18.8 Å². The third-order valence-electron chi connectivity index (χ3n) is 5.48. The highest BCUT2D eigenvalue weighted by Gasteiger charge is 2.32. The second kappa shape index (κ2) is 12.1. The van der Waals surface area contributed by atoms with Gasteiger partial charge < -0.3 is 19.7 Å². The molecule has 1 aromatic carbocycles. The molecule has 0 spiro atoms. The number of anilines is 1. The molecule has 5 nitrogen and oxygen atoms in total. The quantitative estimate of drug-likeness (QED) is 0.548. The van der Waals surface area contributed by atoms with Crippen LogP contribution in [0.2, 0.25) is 0 Å². The first-order valence-electron chi connectivity index (χ1n) is 11.0. The Morgan fingerprint density at radius 2 is 1.75 bits per heavy atom. The third kappa shape index (κ3) is 7.44. The van der Waals surface area contributed by atoms with Crippen LogP contribution in [0, 0.1) is 0 Å². The average Bonchev–Trinajstić information content (AvgIpc) is 2.99. The Morgan fingerprint density at radius 3 is 2.36 bits per heavy atom. The second-order valence-electron chi connectivity index (χ2n) is 7.87. The van der Waals surface area contributed by atoms with Crippen molar-refractivity contribution in [2.45, 2.75) is 71.3 Å². The molecule has 28 heavy (non-hydrogen) atoms. The van der Waals surface area contributed by atoms with Crippen molar-refractivity contribution < 1.29 is 14.3 Å². The topological polar surface area (TPSA) is 50.8 Å². The van der Waals surface area contributed by atoms with Crippen LogP contribution in [0.1, 0.15) is 65.7 Å². The molecule has 1 fully saturated rings. The van der Waals surface area contributed by atoms with E-state index in [2.05, 4.69) is 10.2 Å². The highest BCUT2D eigenvalue weighted by Crippen LogP contribution is 2.21. The molecule has 0 radical (unpaired) electrons. The summed E-state index contributed by atoms with van der Waals surface area (Å²) in [6.07, 6.45) is 7.98. The van der Waals surface area contributed by atoms with E-state index in [4.69, 9.17) is 9.47 Å². The maximum Gasteiger partial charge on any atom is 0.256 e. The van der Waals surface area contributed by atoms with Gasteiger partial charge in [-0.05, 0) is 76.4 Å². The van der Waals surface area contributed by atoms with E-state index in [0.29, 0.717) is 13.0 Å². The molecule has 1 aliphatic rings. The molecule has 1 aromatic rings. The summed E-state index contributed by atoms with van der Waals surface area (Å²) in [5, 5.41) is 2.96. The van der Waals surface area contributed by atoms with Gasteiger partial charge in [0.2, 0.25) is 0 Å². The zero-order chi connectivity index (χ0) is 20.2. The van der Waals surface area contributed by atoms with E-state index in [9.17, 15) is 4.79 Å². The highest BCUT2D eigenvalue weighted by atomic mass is 16.5. The first-order valence-corrected chi connectivity index (χ1v) is 11.0. The summed E-state index contributed by atoms with van der Waals surface area (Å²) >= 11 is 0. The van der Waals surface area contributed by atoms with E-state index in [0.717, 1.165) is 37.4 Å². The summed E-state index contributed by atoms with van der Waals surface area (Å²) in [6.45, 7) is 10.7. The number of nitrogens with one attached hydrogen (secondary N) is 1. The molecule has 0 aromatic heterocycles. The van der Waals surface area contributed by atoms with Crippen molar-refractivity contribution in [3.63, 3.8) is 0 Å². The van der Waals surface area contributed by atoms with E-state index in [1.54, 1.807) is 0 Å². The molecule has 1 unspecified atom stereocenters. The van der Waals surface area contributed by atoms with Crippen LogP contribution in [-0.4, -0.2) is 49.3 Å². The number of ether oxygens (including phenoxy) is 2. The van der Waals surface area contributed by atoms with Crippen LogP contribution >= 0.6 is 0 Å². The van der Waals surface area contributed by atoms with Gasteiger partial charge in [-0.2, -0.15) is 0 Å². The predicted octanol–water partition coefficient (Wildman–Crippen LogP) is 4.87. The van der Waals surface area contributed by atoms with Gasteiger partial charge in [-0.15, -0.1) is 0 Å². The van der Waals surface area contributed by atoms with Gasteiger partial charge in [0.1, 0.15) is 11.4 Å². The fourth-order valence-corrected chi connectivity index (χ4v) is 3.39. The van der Waals surface area contributed by atoms with Gasteiger partial charge in [0.15, 0.2) is 0 Å². The van der Waals surface area contributed by atoms with Crippen molar-refractivity contribution >= 4 is 11.6 Å². The maximum absolute atomic E-state index is 12.6. The van der Waals surface area contributed by atoms with Crippen LogP contribution < -0.4 is 10.1 Å². The van der Waals surface area contributed by atoms with Gasteiger partial charge in [-0.3, -0.25) is 4.79 Å². The molecule has 2 rings (SSSR count). The number of rotatable bonds is 11. The number of likely N-dealkylation sites (tertiary alicyclic amines) is 1. The van der Waals surface area contributed by atoms with E-state index < -0.39 is 5.60 Å². The molecule has 1 aliphatic heterocycles. The van der Waals surface area contributed by atoms with Crippen molar-refractivity contribution in [1.29, 1.82) is 0 Å². The summed E-state index contributed by atoms with van der Waals surface area (Å²) in [5.41, 5.74) is -0.0277. The number of benzene rings is 1. The molecule has 1 heterocycles. The molecule has 0 aliphatic carbocycles. The summed E-state index contributed by atoms with van der Waals surface area (Å²) in [7, 11) is 0. The fraction of sp³-hybridized carbons (Fsp3) is 0.696. The minimum atomic E-state index is -0.793. The molecule has 158 valence electrons. The molecular formula is C23H38N2O3. The maximum atomic E-state index is 12.6. The molecule has 5 heteroatoms. The van der Waals surface area contributed by atoms with E-state index in [-0.39, 0.29) is 5.91 Å². The van der Waals surface area contributed by atoms with Crippen molar-refractivity contribution in [2.24, 2.45) is 0 Å². The van der Waals surface area contributed by atoms with E-state index >= 15 is 0 Å². The summed E-state index contributed by atoms with van der Waals surface area (Å²) in [6, 6.07) is 7.60. The molecule has 0 bridgehead atoms. The summed E-state index contributed by atoms with van der Waals surface area (Å²) < 4.78 is 11.6. The van der Waals surface area contributed by atoms with Crippen LogP contribution in [-0.2, 0) is 9.53 Å². The van der Waals surface area contributed by atoms with Crippen molar-refractivity contribution in [3.05, 3.63) is 24.3 Å². The van der Waals surface area contributed by atoms with Crippen LogP contribution in [0.15, 0.2) is 24.3 Å². The smallest absolute Gasteiger partial charge is 0.256 e. The fourth-order valence-electron chi connectivity index (χ4n) is 3.39. The van der Waals surface area contributed by atoms with Gasteiger partial charge in [0.05, 0.1) is 6.61 Å². The minimum absolute atomic E-state index is 0.102. The number of hydrogen-bond donors (Lipinski definition) is 1. The number of carbonyl (C=O) groups is 1. The molecule has 1 N–H and O–H groups in total. The largest absolute Gasteiger partial charge is 0.494 e. The molecule has 1 amide bonds. The highest BCUT2D eigenvalue weighted by molar-refractivity contribution is 5.97. The lowest BCUT2D eigenvalue weighted by molar-refractivity contribution is -0.139. The normalized spacial score (nSPS) is 17.5. The van der Waals surface area contributed by atoms with E-state index in [1.165, 1.54) is 38.8 Å². The molecule has 1 atom stereocenters. The first kappa shape index (κ1) is 22.7. The monoisotopic (exact) mass is 390 g/mol. The van der Waals surface area contributed by atoms with Crippen LogP contribution in [0.5, 0.6) is 5.75 Å². The first-order chi connectivity index (χ1) is 13.6. The molecule has 1 saturated heterocycles. The Morgan fingerprint density at radius 1 is 1.07 bits per heavy atom. The van der Waals surface area contributed by atoms with Crippen LogP contribution in [0.3, 0.4) is 0 Å². The summed E-state index contributed by atoms with van der Waals surface area (Å²) in [4.78, 5) is 15.1. The van der Waals surface area contributed by atoms with Gasteiger partial charge in [-0.25, -0.2) is 0 Å². The lowest BCUT2D eigenvalue weighted by Crippen LogP contribution is -2.42. The SMILES string of the molecule is CCCOC(C)(CC)C(=O)Nc1ccc(OCCCN2CCCCCC2)cc1. The van der Waals surface area contributed by atoms with Crippen LogP contribution in [0.25, 0.3) is 0 Å². The second-order valence-corrected chi connectivity index (χ2v) is 7.87. The average molecular weight is 391 g/mol. The van der Waals surface area contributed by atoms with Crippen molar-refractivity contribution in [1.82, 2.24) is 4.90 Å². The third-order valence-corrected chi connectivity index (χ3v) is 5.48. The van der Waals surface area contributed by atoms with Crippen molar-refractivity contribution in [2.75, 3.05) is 38.2 Å². The van der Waals surface area contributed by atoms with Crippen molar-refractivity contribution in [3.8, 4) is 5.75 Å². The predicted molar refractivity (Wildman–Crippen MR) is 115 cm³/mol. The Kier molecular flexibility index (Phi) is 9.79. The number of nitrogens with zero attached hydrogens (tertiary/aromatic N) is 1. The van der Waals surface area contributed by atoms with Crippen LogP contribution in [0.4, 0.5) is 5.69 Å². The Balaban J connectivity index is 1.74. The van der Waals surface area contributed by atoms with Gasteiger partial charge in [0.25, 0.3) is 5.91 Å². The number of hydrogen-bond acceptors (Lipinski definition) is 4. The van der Waals surface area contributed by atoms with Gasteiger partial charge >= 0.3 is 0 Å². The Hall–Kier alpha value is -1.59. The number of amides is 1. The molecule has 0 saturated carbocycles.